The van der Waals surface area contributed by atoms with Crippen molar-refractivity contribution in [3.8, 4) is 0 Å². The van der Waals surface area contributed by atoms with Crippen LogP contribution in [0, 0.1) is 6.92 Å². The minimum atomic E-state index is -0.00334. The van der Waals surface area contributed by atoms with Gasteiger partial charge in [0.15, 0.2) is 0 Å². The van der Waals surface area contributed by atoms with Gasteiger partial charge in [-0.2, -0.15) is 16.4 Å². The highest BCUT2D eigenvalue weighted by Gasteiger charge is 2.29. The maximum absolute atomic E-state index is 13.1. The highest BCUT2D eigenvalue weighted by Crippen LogP contribution is 2.22. The number of piperazine rings is 1. The number of nitrogens with zero attached hydrogens (tertiary/aromatic N) is 3. The van der Waals surface area contributed by atoms with Gasteiger partial charge in [0.05, 0.1) is 44.0 Å². The van der Waals surface area contributed by atoms with E-state index >= 15 is 0 Å². The van der Waals surface area contributed by atoms with Crippen molar-refractivity contribution >= 4 is 28.8 Å². The molecule has 0 aliphatic carbocycles. The number of quaternary nitrogens is 1. The lowest BCUT2D eigenvalue weighted by atomic mass is 10.2. The average molecular weight is 416 g/mol. The van der Waals surface area contributed by atoms with E-state index in [2.05, 4.69) is 21.9 Å². The molecule has 4 rings (SSSR count). The van der Waals surface area contributed by atoms with Crippen LogP contribution in [0.5, 0.6) is 0 Å². The lowest BCUT2D eigenvalue weighted by Crippen LogP contribution is -3.13. The SMILES string of the molecule is Cc1nn(Cc2ccccc2)c(Cl)c1C(=O)N1CC[NH+](Cc2ccsc2)CC1. The molecule has 1 N–H and O–H groups in total. The third-order valence-corrected chi connectivity index (χ3v) is 6.36. The van der Waals surface area contributed by atoms with E-state index in [1.807, 2.05) is 42.2 Å². The Morgan fingerprint density at radius 3 is 2.61 bits per heavy atom. The van der Waals surface area contributed by atoms with E-state index in [9.17, 15) is 4.79 Å². The minimum Gasteiger partial charge on any atom is -0.328 e. The summed E-state index contributed by atoms with van der Waals surface area (Å²) < 4.78 is 1.72. The summed E-state index contributed by atoms with van der Waals surface area (Å²) in [6.07, 6.45) is 0. The molecular weight excluding hydrogens is 392 g/mol. The van der Waals surface area contributed by atoms with Crippen LogP contribution in [0.2, 0.25) is 5.15 Å². The molecule has 0 saturated carbocycles. The van der Waals surface area contributed by atoms with Gasteiger partial charge in [-0.25, -0.2) is 4.68 Å². The Labute approximate surface area is 174 Å². The first-order chi connectivity index (χ1) is 13.6. The number of amides is 1. The third-order valence-electron chi connectivity index (χ3n) is 5.25. The summed E-state index contributed by atoms with van der Waals surface area (Å²) in [5, 5.41) is 9.27. The van der Waals surface area contributed by atoms with Crippen LogP contribution in [0.15, 0.2) is 47.2 Å². The third kappa shape index (κ3) is 4.14. The van der Waals surface area contributed by atoms with Crippen LogP contribution in [-0.4, -0.2) is 46.8 Å². The van der Waals surface area contributed by atoms with Crippen molar-refractivity contribution < 1.29 is 9.69 Å². The van der Waals surface area contributed by atoms with E-state index in [1.54, 1.807) is 16.0 Å². The topological polar surface area (TPSA) is 42.6 Å². The smallest absolute Gasteiger partial charge is 0.259 e. The summed E-state index contributed by atoms with van der Waals surface area (Å²) in [5.74, 6) is -0.00334. The molecular formula is C21H24ClN4OS+. The highest BCUT2D eigenvalue weighted by molar-refractivity contribution is 7.07. The van der Waals surface area contributed by atoms with E-state index in [1.165, 1.54) is 10.5 Å². The Hall–Kier alpha value is -2.15. The van der Waals surface area contributed by atoms with E-state index < -0.39 is 0 Å². The molecule has 0 bridgehead atoms. The standard InChI is InChI=1S/C21H23ClN4OS/c1-16-19(20(22)26(23-16)14-17-5-3-2-4-6-17)21(27)25-10-8-24(9-11-25)13-18-7-12-28-15-18/h2-7,12,15H,8-11,13-14H2,1H3/p+1. The normalized spacial score (nSPS) is 15.1. The lowest BCUT2D eigenvalue weighted by molar-refractivity contribution is -0.917. The number of hydrogen-bond acceptors (Lipinski definition) is 3. The first-order valence-corrected chi connectivity index (χ1v) is 10.8. The van der Waals surface area contributed by atoms with Gasteiger partial charge in [0.25, 0.3) is 5.91 Å². The molecule has 1 aliphatic heterocycles. The number of benzene rings is 1. The largest absolute Gasteiger partial charge is 0.328 e. The fraction of sp³-hybridized carbons (Fsp3) is 0.333. The van der Waals surface area contributed by atoms with Gasteiger partial charge in [-0.1, -0.05) is 41.9 Å². The van der Waals surface area contributed by atoms with Crippen LogP contribution in [0.25, 0.3) is 0 Å². The molecule has 7 heteroatoms. The quantitative estimate of drug-likeness (QED) is 0.695. The van der Waals surface area contributed by atoms with Gasteiger partial charge >= 0.3 is 0 Å². The van der Waals surface area contributed by atoms with Gasteiger partial charge in [-0.3, -0.25) is 4.79 Å². The molecule has 2 aromatic heterocycles. The zero-order valence-electron chi connectivity index (χ0n) is 15.9. The lowest BCUT2D eigenvalue weighted by Gasteiger charge is -2.32. The summed E-state index contributed by atoms with van der Waals surface area (Å²) in [6, 6.07) is 12.2. The highest BCUT2D eigenvalue weighted by atomic mass is 35.5. The predicted octanol–water partition coefficient (Wildman–Crippen LogP) is 2.50. The second-order valence-electron chi connectivity index (χ2n) is 7.25. The molecule has 1 saturated heterocycles. The summed E-state index contributed by atoms with van der Waals surface area (Å²) in [7, 11) is 0. The van der Waals surface area contributed by atoms with Gasteiger partial charge in [-0.05, 0) is 29.3 Å². The average Bonchev–Trinajstić information content (AvgIpc) is 3.31. The fourth-order valence-electron chi connectivity index (χ4n) is 3.70. The number of carbonyl (C=O) groups is 1. The van der Waals surface area contributed by atoms with Gasteiger partial charge < -0.3 is 9.80 Å². The van der Waals surface area contributed by atoms with Crippen LogP contribution in [0.3, 0.4) is 0 Å². The summed E-state index contributed by atoms with van der Waals surface area (Å²) in [6.45, 7) is 6.86. The van der Waals surface area contributed by atoms with Crippen molar-refractivity contribution in [2.45, 2.75) is 20.0 Å². The number of aromatic nitrogens is 2. The minimum absolute atomic E-state index is 0.00334. The van der Waals surface area contributed by atoms with Crippen LogP contribution in [0.4, 0.5) is 0 Å². The number of aryl methyl sites for hydroxylation is 1. The number of hydrogen-bond donors (Lipinski definition) is 1. The van der Waals surface area contributed by atoms with E-state index in [-0.39, 0.29) is 5.91 Å². The number of rotatable bonds is 5. The first-order valence-electron chi connectivity index (χ1n) is 9.52. The summed E-state index contributed by atoms with van der Waals surface area (Å²) >= 11 is 8.30. The zero-order valence-corrected chi connectivity index (χ0v) is 17.5. The van der Waals surface area contributed by atoms with Crippen LogP contribution < -0.4 is 4.90 Å². The molecule has 1 fully saturated rings. The van der Waals surface area contributed by atoms with Crippen molar-refractivity contribution in [2.75, 3.05) is 26.2 Å². The first kappa shape index (κ1) is 19.2. The molecule has 0 atom stereocenters. The van der Waals surface area contributed by atoms with Crippen molar-refractivity contribution in [3.63, 3.8) is 0 Å². The Morgan fingerprint density at radius 2 is 1.93 bits per heavy atom. The Balaban J connectivity index is 1.42. The predicted molar refractivity (Wildman–Crippen MR) is 112 cm³/mol. The number of nitrogens with one attached hydrogen (secondary N) is 1. The molecule has 0 spiro atoms. The maximum Gasteiger partial charge on any atom is 0.259 e. The second kappa shape index (κ2) is 8.47. The van der Waals surface area contributed by atoms with Crippen molar-refractivity contribution in [2.24, 2.45) is 0 Å². The van der Waals surface area contributed by atoms with Gasteiger partial charge in [0, 0.05) is 5.56 Å². The van der Waals surface area contributed by atoms with Gasteiger partial charge in [0.2, 0.25) is 0 Å². The molecule has 3 aromatic rings. The zero-order chi connectivity index (χ0) is 19.5. The Kier molecular flexibility index (Phi) is 5.80. The number of halogens is 1. The van der Waals surface area contributed by atoms with Gasteiger partial charge in [0.1, 0.15) is 11.7 Å². The summed E-state index contributed by atoms with van der Waals surface area (Å²) in [4.78, 5) is 16.5. The molecule has 1 aromatic carbocycles. The van der Waals surface area contributed by atoms with Gasteiger partial charge in [-0.15, -0.1) is 0 Å². The van der Waals surface area contributed by atoms with Crippen molar-refractivity contribution in [3.05, 3.63) is 74.7 Å². The maximum atomic E-state index is 13.1. The monoisotopic (exact) mass is 415 g/mol. The molecule has 1 amide bonds. The van der Waals surface area contributed by atoms with E-state index in [0.29, 0.717) is 23.0 Å². The van der Waals surface area contributed by atoms with Crippen molar-refractivity contribution in [1.82, 2.24) is 14.7 Å². The fourth-order valence-corrected chi connectivity index (χ4v) is 4.68. The molecule has 3 heterocycles. The second-order valence-corrected chi connectivity index (χ2v) is 8.38. The molecule has 1 aliphatic rings. The molecule has 0 radical (unpaired) electrons. The molecule has 28 heavy (non-hydrogen) atoms. The Bertz CT molecular complexity index is 931. The molecule has 146 valence electrons. The van der Waals surface area contributed by atoms with Crippen LogP contribution >= 0.6 is 22.9 Å². The number of thiophene rings is 1. The van der Waals surface area contributed by atoms with Crippen LogP contribution in [0.1, 0.15) is 27.2 Å². The number of carbonyl (C=O) groups excluding carboxylic acids is 1. The molecule has 0 unspecified atom stereocenters. The van der Waals surface area contributed by atoms with E-state index in [4.69, 9.17) is 11.6 Å². The summed E-state index contributed by atoms with van der Waals surface area (Å²) in [5.41, 5.74) is 3.72. The van der Waals surface area contributed by atoms with Crippen LogP contribution in [-0.2, 0) is 13.1 Å². The Morgan fingerprint density at radius 1 is 1.18 bits per heavy atom. The van der Waals surface area contributed by atoms with E-state index in [0.717, 1.165) is 38.3 Å². The molecule has 5 nitrogen and oxygen atoms in total. The van der Waals surface area contributed by atoms with Crippen molar-refractivity contribution in [1.29, 1.82) is 0 Å².